The lowest BCUT2D eigenvalue weighted by Crippen LogP contribution is -2.38. The molecular formula is C17H23F2NO2. The minimum atomic E-state index is -0.539. The molecule has 1 saturated heterocycles. The highest BCUT2D eigenvalue weighted by atomic mass is 19.1. The van der Waals surface area contributed by atoms with E-state index in [1.807, 2.05) is 20.8 Å². The molecule has 1 aromatic rings. The number of fused-ring (bicyclic) bond motifs is 1. The van der Waals surface area contributed by atoms with Gasteiger partial charge >= 0.3 is 0 Å². The van der Waals surface area contributed by atoms with Crippen molar-refractivity contribution in [1.29, 1.82) is 0 Å². The fourth-order valence-electron chi connectivity index (χ4n) is 3.58. The van der Waals surface area contributed by atoms with Gasteiger partial charge in [-0.05, 0) is 51.7 Å². The number of rotatable bonds is 4. The van der Waals surface area contributed by atoms with Crippen molar-refractivity contribution in [3.63, 3.8) is 0 Å². The van der Waals surface area contributed by atoms with E-state index in [4.69, 9.17) is 9.47 Å². The lowest BCUT2D eigenvalue weighted by atomic mass is 10.1. The number of ether oxygens (including phenoxy) is 2. The maximum Gasteiger partial charge on any atom is 0.163 e. The third kappa shape index (κ3) is 3.47. The molecule has 2 aliphatic rings. The zero-order valence-electron chi connectivity index (χ0n) is 13.2. The fraction of sp³-hybridized carbons (Fsp3) is 0.647. The molecule has 122 valence electrons. The van der Waals surface area contributed by atoms with Crippen LogP contribution in [0.15, 0.2) is 18.2 Å². The van der Waals surface area contributed by atoms with Crippen molar-refractivity contribution in [3.05, 3.63) is 35.4 Å². The summed E-state index contributed by atoms with van der Waals surface area (Å²) in [6.07, 6.45) is 2.63. The van der Waals surface area contributed by atoms with Crippen LogP contribution < -0.4 is 5.32 Å². The van der Waals surface area contributed by atoms with E-state index in [1.165, 1.54) is 12.1 Å². The summed E-state index contributed by atoms with van der Waals surface area (Å²) in [6.45, 7) is 5.89. The topological polar surface area (TPSA) is 30.5 Å². The maximum atomic E-state index is 13.7. The lowest BCUT2D eigenvalue weighted by molar-refractivity contribution is -0.152. The van der Waals surface area contributed by atoms with Crippen LogP contribution in [-0.4, -0.2) is 30.1 Å². The van der Waals surface area contributed by atoms with Crippen molar-refractivity contribution in [3.8, 4) is 0 Å². The Labute approximate surface area is 130 Å². The van der Waals surface area contributed by atoms with E-state index in [0.717, 1.165) is 18.9 Å². The van der Waals surface area contributed by atoms with E-state index in [2.05, 4.69) is 5.32 Å². The Morgan fingerprint density at radius 1 is 1.23 bits per heavy atom. The van der Waals surface area contributed by atoms with Crippen LogP contribution in [0.2, 0.25) is 0 Å². The first-order valence-electron chi connectivity index (χ1n) is 7.88. The first-order chi connectivity index (χ1) is 10.3. The Morgan fingerprint density at radius 2 is 1.86 bits per heavy atom. The number of hydrogen-bond donors (Lipinski definition) is 1. The molecule has 0 radical (unpaired) electrons. The van der Waals surface area contributed by atoms with Gasteiger partial charge in [-0.25, -0.2) is 8.78 Å². The zero-order chi connectivity index (χ0) is 15.9. The average molecular weight is 311 g/mol. The van der Waals surface area contributed by atoms with Crippen molar-refractivity contribution < 1.29 is 18.3 Å². The van der Waals surface area contributed by atoms with Crippen LogP contribution >= 0.6 is 0 Å². The molecule has 3 rings (SSSR count). The highest BCUT2D eigenvalue weighted by Gasteiger charge is 2.47. The van der Waals surface area contributed by atoms with E-state index in [1.54, 1.807) is 0 Å². The van der Waals surface area contributed by atoms with Crippen molar-refractivity contribution in [1.82, 2.24) is 5.32 Å². The summed E-state index contributed by atoms with van der Waals surface area (Å²) in [7, 11) is 0. The van der Waals surface area contributed by atoms with E-state index in [-0.39, 0.29) is 18.2 Å². The molecule has 5 heteroatoms. The van der Waals surface area contributed by atoms with Gasteiger partial charge in [0.2, 0.25) is 0 Å². The number of benzene rings is 1. The van der Waals surface area contributed by atoms with Gasteiger partial charge in [-0.1, -0.05) is 6.07 Å². The standard InChI is InChI=1S/C17H23F2NO2/c1-10(6-11-4-5-12(18)7-14(11)19)20-13-8-15-16(9-13)22-17(2,3)21-15/h4-5,7,10,13,15-16,20H,6,8-9H2,1-3H3/t10?,13?,15-,16+. The van der Waals surface area contributed by atoms with Crippen LogP contribution in [0.3, 0.4) is 0 Å². The summed E-state index contributed by atoms with van der Waals surface area (Å²) in [5, 5.41) is 3.50. The zero-order valence-corrected chi connectivity index (χ0v) is 13.2. The molecule has 1 aliphatic carbocycles. The summed E-state index contributed by atoms with van der Waals surface area (Å²) in [6, 6.07) is 4.17. The molecule has 1 saturated carbocycles. The Balaban J connectivity index is 1.52. The SMILES string of the molecule is CC(Cc1ccc(F)cc1F)NC1C[C@@H]2OC(C)(C)O[C@@H]2C1. The van der Waals surface area contributed by atoms with Gasteiger partial charge in [-0.3, -0.25) is 0 Å². The van der Waals surface area contributed by atoms with Crippen LogP contribution in [0, 0.1) is 11.6 Å². The molecule has 1 heterocycles. The normalized spacial score (nSPS) is 31.2. The van der Waals surface area contributed by atoms with Gasteiger partial charge in [0, 0.05) is 18.2 Å². The monoisotopic (exact) mass is 311 g/mol. The van der Waals surface area contributed by atoms with Gasteiger partial charge in [0.25, 0.3) is 0 Å². The van der Waals surface area contributed by atoms with Gasteiger partial charge in [-0.15, -0.1) is 0 Å². The van der Waals surface area contributed by atoms with Crippen molar-refractivity contribution in [2.24, 2.45) is 0 Å². The molecule has 0 bridgehead atoms. The fourth-order valence-corrected chi connectivity index (χ4v) is 3.58. The predicted octanol–water partition coefficient (Wildman–Crippen LogP) is 3.17. The maximum absolute atomic E-state index is 13.7. The van der Waals surface area contributed by atoms with Gasteiger partial charge < -0.3 is 14.8 Å². The van der Waals surface area contributed by atoms with E-state index in [9.17, 15) is 8.78 Å². The smallest absolute Gasteiger partial charge is 0.163 e. The number of hydrogen-bond acceptors (Lipinski definition) is 3. The van der Waals surface area contributed by atoms with Crippen LogP contribution in [0.25, 0.3) is 0 Å². The molecule has 0 spiro atoms. The second-order valence-corrected chi connectivity index (χ2v) is 6.89. The average Bonchev–Trinajstić information content (AvgIpc) is 2.85. The molecule has 4 atom stereocenters. The summed E-state index contributed by atoms with van der Waals surface area (Å²) in [4.78, 5) is 0. The third-order valence-electron chi connectivity index (χ3n) is 4.38. The van der Waals surface area contributed by atoms with E-state index >= 15 is 0 Å². The molecule has 2 unspecified atom stereocenters. The van der Waals surface area contributed by atoms with E-state index < -0.39 is 17.4 Å². The molecule has 1 aromatic carbocycles. The van der Waals surface area contributed by atoms with Crippen LogP contribution in [-0.2, 0) is 15.9 Å². The van der Waals surface area contributed by atoms with Crippen LogP contribution in [0.4, 0.5) is 8.78 Å². The molecule has 2 fully saturated rings. The summed E-state index contributed by atoms with van der Waals surface area (Å²) in [5.41, 5.74) is 0.535. The van der Waals surface area contributed by atoms with Gasteiger partial charge in [0.05, 0.1) is 12.2 Å². The predicted molar refractivity (Wildman–Crippen MR) is 79.5 cm³/mol. The molecular weight excluding hydrogens is 288 g/mol. The first-order valence-corrected chi connectivity index (χ1v) is 7.88. The summed E-state index contributed by atoms with van der Waals surface area (Å²) in [5.74, 6) is -1.50. The van der Waals surface area contributed by atoms with Crippen molar-refractivity contribution >= 4 is 0 Å². The van der Waals surface area contributed by atoms with Gasteiger partial charge in [-0.2, -0.15) is 0 Å². The van der Waals surface area contributed by atoms with Crippen molar-refractivity contribution in [2.75, 3.05) is 0 Å². The first kappa shape index (κ1) is 15.8. The number of halogens is 2. The van der Waals surface area contributed by atoms with Gasteiger partial charge in [0.1, 0.15) is 11.6 Å². The summed E-state index contributed by atoms with van der Waals surface area (Å²) >= 11 is 0. The molecule has 0 aromatic heterocycles. The molecule has 1 aliphatic heterocycles. The molecule has 0 amide bonds. The highest BCUT2D eigenvalue weighted by Crippen LogP contribution is 2.38. The highest BCUT2D eigenvalue weighted by molar-refractivity contribution is 5.19. The Bertz CT molecular complexity index is 533. The molecule has 3 nitrogen and oxygen atoms in total. The third-order valence-corrected chi connectivity index (χ3v) is 4.38. The summed E-state index contributed by atoms with van der Waals surface area (Å²) < 4.78 is 38.4. The number of nitrogens with one attached hydrogen (secondary N) is 1. The molecule has 22 heavy (non-hydrogen) atoms. The Kier molecular flexibility index (Phi) is 4.23. The lowest BCUT2D eigenvalue weighted by Gasteiger charge is -2.23. The second kappa shape index (κ2) is 5.87. The van der Waals surface area contributed by atoms with Gasteiger partial charge in [0.15, 0.2) is 5.79 Å². The largest absolute Gasteiger partial charge is 0.345 e. The Hall–Kier alpha value is -1.04. The second-order valence-electron chi connectivity index (χ2n) is 6.89. The van der Waals surface area contributed by atoms with Crippen molar-refractivity contribution in [2.45, 2.75) is 70.1 Å². The molecule has 1 N–H and O–H groups in total. The minimum Gasteiger partial charge on any atom is -0.345 e. The quantitative estimate of drug-likeness (QED) is 0.926. The Morgan fingerprint density at radius 3 is 2.45 bits per heavy atom. The van der Waals surface area contributed by atoms with Crippen LogP contribution in [0.5, 0.6) is 0 Å². The van der Waals surface area contributed by atoms with Crippen LogP contribution in [0.1, 0.15) is 39.2 Å². The van der Waals surface area contributed by atoms with E-state index in [0.29, 0.717) is 18.0 Å². The minimum absolute atomic E-state index is 0.108.